The lowest BCUT2D eigenvalue weighted by Gasteiger charge is -2.19. The van der Waals surface area contributed by atoms with Crippen LogP contribution in [-0.4, -0.2) is 4.98 Å². The molecule has 0 fully saturated rings. The van der Waals surface area contributed by atoms with Gasteiger partial charge in [-0.3, -0.25) is 4.98 Å². The number of nitrogens with two attached hydrogens (primary N) is 1. The van der Waals surface area contributed by atoms with E-state index in [1.165, 1.54) is 36.1 Å². The molecule has 1 heterocycles. The summed E-state index contributed by atoms with van der Waals surface area (Å²) in [4.78, 5) is 4.55. The highest BCUT2D eigenvalue weighted by molar-refractivity contribution is 5.55. The van der Waals surface area contributed by atoms with Crippen LogP contribution in [0.15, 0.2) is 0 Å². The van der Waals surface area contributed by atoms with E-state index in [4.69, 9.17) is 5.73 Å². The lowest BCUT2D eigenvalue weighted by atomic mass is 9.91. The van der Waals surface area contributed by atoms with Crippen molar-refractivity contribution in [1.82, 2.24) is 4.98 Å². The number of anilines is 1. The number of rotatable bonds is 0. The first-order chi connectivity index (χ1) is 6.20. The molecule has 2 heteroatoms. The quantitative estimate of drug-likeness (QED) is 0.658. The van der Waals surface area contributed by atoms with Crippen molar-refractivity contribution in [1.29, 1.82) is 0 Å². The van der Waals surface area contributed by atoms with Crippen molar-refractivity contribution in [2.24, 2.45) is 0 Å². The van der Waals surface area contributed by atoms with Crippen LogP contribution in [0, 0.1) is 13.8 Å². The highest BCUT2D eigenvalue weighted by atomic mass is 14.8. The van der Waals surface area contributed by atoms with E-state index in [0.29, 0.717) is 0 Å². The standard InChI is InChI=1S/C11H16N2/c1-7-9-5-3-4-6-10(9)13-8(2)11(7)12/h3-6,12H2,1-2H3. The van der Waals surface area contributed by atoms with Crippen molar-refractivity contribution in [2.75, 3.05) is 5.73 Å². The van der Waals surface area contributed by atoms with Gasteiger partial charge in [-0.1, -0.05) is 0 Å². The highest BCUT2D eigenvalue weighted by Crippen LogP contribution is 2.27. The maximum Gasteiger partial charge on any atom is 0.0607 e. The number of hydrogen-bond acceptors (Lipinski definition) is 2. The van der Waals surface area contributed by atoms with Crippen LogP contribution in [0.5, 0.6) is 0 Å². The maximum absolute atomic E-state index is 5.94. The van der Waals surface area contributed by atoms with Gasteiger partial charge in [0.2, 0.25) is 0 Å². The molecular formula is C11H16N2. The van der Waals surface area contributed by atoms with E-state index in [2.05, 4.69) is 11.9 Å². The number of pyridine rings is 1. The lowest BCUT2D eigenvalue weighted by molar-refractivity contribution is 0.662. The fourth-order valence-corrected chi connectivity index (χ4v) is 2.11. The van der Waals surface area contributed by atoms with Gasteiger partial charge in [0, 0.05) is 5.69 Å². The third-order valence-corrected chi connectivity index (χ3v) is 2.99. The molecule has 0 radical (unpaired) electrons. The van der Waals surface area contributed by atoms with Gasteiger partial charge in [0.15, 0.2) is 0 Å². The van der Waals surface area contributed by atoms with Gasteiger partial charge in [-0.05, 0) is 50.7 Å². The number of nitrogens with zero attached hydrogens (tertiary/aromatic N) is 1. The van der Waals surface area contributed by atoms with Crippen LogP contribution in [0.3, 0.4) is 0 Å². The fraction of sp³-hybridized carbons (Fsp3) is 0.545. The molecule has 0 spiro atoms. The number of nitrogen functional groups attached to an aromatic ring is 1. The second-order valence-corrected chi connectivity index (χ2v) is 3.87. The minimum atomic E-state index is 0.889. The molecular weight excluding hydrogens is 160 g/mol. The summed E-state index contributed by atoms with van der Waals surface area (Å²) in [5.41, 5.74) is 11.8. The van der Waals surface area contributed by atoms with Gasteiger partial charge < -0.3 is 5.73 Å². The summed E-state index contributed by atoms with van der Waals surface area (Å²) in [6.45, 7) is 4.12. The molecule has 0 saturated heterocycles. The molecule has 13 heavy (non-hydrogen) atoms. The van der Waals surface area contributed by atoms with E-state index in [1.54, 1.807) is 0 Å². The molecule has 1 aliphatic rings. The largest absolute Gasteiger partial charge is 0.397 e. The van der Waals surface area contributed by atoms with Crippen LogP contribution >= 0.6 is 0 Å². The van der Waals surface area contributed by atoms with Crippen molar-refractivity contribution in [3.05, 3.63) is 22.5 Å². The summed E-state index contributed by atoms with van der Waals surface area (Å²) >= 11 is 0. The first kappa shape index (κ1) is 8.54. The zero-order valence-corrected chi connectivity index (χ0v) is 8.35. The third kappa shape index (κ3) is 1.30. The van der Waals surface area contributed by atoms with Gasteiger partial charge in [-0.2, -0.15) is 0 Å². The predicted molar refractivity (Wildman–Crippen MR) is 54.8 cm³/mol. The molecule has 0 aromatic carbocycles. The Labute approximate surface area is 79.2 Å². The smallest absolute Gasteiger partial charge is 0.0607 e. The van der Waals surface area contributed by atoms with Crippen molar-refractivity contribution in [3.8, 4) is 0 Å². The molecule has 70 valence electrons. The molecule has 1 aromatic rings. The Morgan fingerprint density at radius 1 is 1.15 bits per heavy atom. The number of fused-ring (bicyclic) bond motifs is 1. The second-order valence-electron chi connectivity index (χ2n) is 3.87. The minimum absolute atomic E-state index is 0.889. The molecule has 0 atom stereocenters. The lowest BCUT2D eigenvalue weighted by Crippen LogP contribution is -2.11. The summed E-state index contributed by atoms with van der Waals surface area (Å²) in [7, 11) is 0. The third-order valence-electron chi connectivity index (χ3n) is 2.99. The van der Waals surface area contributed by atoms with Gasteiger partial charge >= 0.3 is 0 Å². The van der Waals surface area contributed by atoms with Crippen LogP contribution in [0.25, 0.3) is 0 Å². The summed E-state index contributed by atoms with van der Waals surface area (Å²) < 4.78 is 0. The Hall–Kier alpha value is -1.05. The van der Waals surface area contributed by atoms with Gasteiger partial charge in [-0.15, -0.1) is 0 Å². The van der Waals surface area contributed by atoms with Crippen molar-refractivity contribution in [2.45, 2.75) is 39.5 Å². The molecule has 2 nitrogen and oxygen atoms in total. The molecule has 0 saturated carbocycles. The molecule has 0 aliphatic heterocycles. The van der Waals surface area contributed by atoms with Crippen molar-refractivity contribution >= 4 is 5.69 Å². The van der Waals surface area contributed by atoms with Crippen LogP contribution in [0.1, 0.15) is 35.4 Å². The number of aryl methyl sites for hydroxylation is 2. The van der Waals surface area contributed by atoms with Crippen LogP contribution in [0.4, 0.5) is 5.69 Å². The van der Waals surface area contributed by atoms with Gasteiger partial charge in [0.1, 0.15) is 0 Å². The molecule has 1 aliphatic carbocycles. The van der Waals surface area contributed by atoms with Crippen LogP contribution in [0.2, 0.25) is 0 Å². The molecule has 1 aromatic heterocycles. The Kier molecular flexibility index (Phi) is 1.98. The fourth-order valence-electron chi connectivity index (χ4n) is 2.11. The summed E-state index contributed by atoms with van der Waals surface area (Å²) in [5.74, 6) is 0. The Morgan fingerprint density at radius 2 is 1.85 bits per heavy atom. The average Bonchev–Trinajstić information content (AvgIpc) is 2.15. The topological polar surface area (TPSA) is 38.9 Å². The van der Waals surface area contributed by atoms with Gasteiger partial charge in [0.25, 0.3) is 0 Å². The normalized spacial score (nSPS) is 15.5. The summed E-state index contributed by atoms with van der Waals surface area (Å²) in [6.07, 6.45) is 4.87. The zero-order valence-electron chi connectivity index (χ0n) is 8.35. The van der Waals surface area contributed by atoms with E-state index in [0.717, 1.165) is 17.8 Å². The van der Waals surface area contributed by atoms with E-state index in [-0.39, 0.29) is 0 Å². The first-order valence-electron chi connectivity index (χ1n) is 4.94. The van der Waals surface area contributed by atoms with E-state index < -0.39 is 0 Å². The predicted octanol–water partition coefficient (Wildman–Crippen LogP) is 2.16. The number of hydrogen-bond donors (Lipinski definition) is 1. The monoisotopic (exact) mass is 176 g/mol. The first-order valence-corrected chi connectivity index (χ1v) is 4.94. The van der Waals surface area contributed by atoms with Gasteiger partial charge in [-0.25, -0.2) is 0 Å². The van der Waals surface area contributed by atoms with E-state index in [1.807, 2.05) is 6.92 Å². The number of aromatic nitrogens is 1. The Morgan fingerprint density at radius 3 is 2.62 bits per heavy atom. The van der Waals surface area contributed by atoms with E-state index in [9.17, 15) is 0 Å². The zero-order chi connectivity index (χ0) is 9.42. The van der Waals surface area contributed by atoms with E-state index >= 15 is 0 Å². The highest BCUT2D eigenvalue weighted by Gasteiger charge is 2.15. The molecule has 0 amide bonds. The van der Waals surface area contributed by atoms with Crippen molar-refractivity contribution < 1.29 is 0 Å². The molecule has 2 rings (SSSR count). The average molecular weight is 176 g/mol. The Balaban J connectivity index is 2.60. The Bertz CT molecular complexity index is 342. The molecule has 0 unspecified atom stereocenters. The summed E-state index contributed by atoms with van der Waals surface area (Å²) in [6, 6.07) is 0. The second kappa shape index (κ2) is 3.02. The van der Waals surface area contributed by atoms with Crippen LogP contribution in [-0.2, 0) is 12.8 Å². The summed E-state index contributed by atoms with van der Waals surface area (Å²) in [5, 5.41) is 0. The SMILES string of the molecule is Cc1nc2c(c(C)c1N)CCCC2. The molecule has 0 bridgehead atoms. The maximum atomic E-state index is 5.94. The van der Waals surface area contributed by atoms with Crippen LogP contribution < -0.4 is 5.73 Å². The van der Waals surface area contributed by atoms with Crippen molar-refractivity contribution in [3.63, 3.8) is 0 Å². The minimum Gasteiger partial charge on any atom is -0.397 e. The van der Waals surface area contributed by atoms with Gasteiger partial charge in [0.05, 0.1) is 11.4 Å². The molecule has 2 N–H and O–H groups in total.